The molecule has 1 saturated carbocycles. The van der Waals surface area contributed by atoms with Crippen molar-refractivity contribution in [2.75, 3.05) is 11.9 Å². The van der Waals surface area contributed by atoms with Crippen LogP contribution < -0.4 is 15.8 Å². The molecule has 1 N–H and O–H groups in total. The van der Waals surface area contributed by atoms with E-state index in [1.54, 1.807) is 19.2 Å². The number of ether oxygens (including phenoxy) is 1. The van der Waals surface area contributed by atoms with E-state index in [0.29, 0.717) is 23.3 Å². The normalized spacial score (nSPS) is 17.1. The lowest BCUT2D eigenvalue weighted by molar-refractivity contribution is -0.0000353. The Labute approximate surface area is 270 Å². The number of nitrogens with zero attached hydrogens (tertiary/aromatic N) is 6. The fraction of sp³-hybridized carbons (Fsp3) is 0.486. The Hall–Kier alpha value is -4.90. The van der Waals surface area contributed by atoms with Gasteiger partial charge in [0.25, 0.3) is 5.56 Å². The molecule has 0 aliphatic heterocycles. The summed E-state index contributed by atoms with van der Waals surface area (Å²) in [6, 6.07) is 15.4. The molecule has 1 aromatic carbocycles. The quantitative estimate of drug-likeness (QED) is 0.252. The number of anilines is 1. The molecule has 0 radical (unpaired) electrons. The zero-order valence-electron chi connectivity index (χ0n) is 28.0. The first-order valence-corrected chi connectivity index (χ1v) is 15.5. The first kappa shape index (κ1) is 34.0. The highest BCUT2D eigenvalue weighted by molar-refractivity contribution is 6.02. The van der Waals surface area contributed by atoms with Gasteiger partial charge in [-0.1, -0.05) is 29.4 Å². The van der Waals surface area contributed by atoms with Gasteiger partial charge in [0.1, 0.15) is 40.1 Å². The van der Waals surface area contributed by atoms with Crippen LogP contribution in [-0.2, 0) is 23.2 Å². The lowest BCUT2D eigenvalue weighted by Gasteiger charge is -2.37. The number of rotatable bonds is 7. The number of carbonyl (C=O) groups excluding carboxylic acids is 1. The second kappa shape index (κ2) is 13.6. The zero-order valence-corrected chi connectivity index (χ0v) is 28.0. The third-order valence-electron chi connectivity index (χ3n) is 7.93. The summed E-state index contributed by atoms with van der Waals surface area (Å²) in [4.78, 5) is 37.7. The predicted molar refractivity (Wildman–Crippen MR) is 177 cm³/mol. The molecule has 1 fully saturated rings. The molecular formula is C35H43N7O4. The topological polar surface area (TPSA) is 146 Å². The van der Waals surface area contributed by atoms with Crippen LogP contribution in [-0.4, -0.2) is 45.6 Å². The van der Waals surface area contributed by atoms with Crippen LogP contribution in [0.4, 0.5) is 10.5 Å². The number of nitriles is 2. The van der Waals surface area contributed by atoms with Crippen molar-refractivity contribution in [1.29, 1.82) is 10.5 Å². The number of nitrogens with one attached hydrogen (secondary N) is 1. The number of aromatic nitrogens is 2. The molecule has 11 nitrogen and oxygen atoms in total. The van der Waals surface area contributed by atoms with Crippen LogP contribution in [0.1, 0.15) is 89.6 Å². The van der Waals surface area contributed by atoms with Gasteiger partial charge in [-0.05, 0) is 90.5 Å². The van der Waals surface area contributed by atoms with Crippen molar-refractivity contribution in [3.63, 3.8) is 0 Å². The van der Waals surface area contributed by atoms with Crippen molar-refractivity contribution in [3.8, 4) is 12.1 Å². The summed E-state index contributed by atoms with van der Waals surface area (Å²) in [6.07, 6.45) is 2.72. The van der Waals surface area contributed by atoms with E-state index in [-0.39, 0.29) is 23.2 Å². The largest absolute Gasteiger partial charge is 0.444 e. The van der Waals surface area contributed by atoms with Gasteiger partial charge in [-0.15, -0.1) is 0 Å². The van der Waals surface area contributed by atoms with Crippen LogP contribution >= 0.6 is 0 Å². The summed E-state index contributed by atoms with van der Waals surface area (Å²) in [5.74, 6) is 0.122. The van der Waals surface area contributed by atoms with Gasteiger partial charge in [0.15, 0.2) is 0 Å². The van der Waals surface area contributed by atoms with E-state index >= 15 is 0 Å². The third-order valence-corrected chi connectivity index (χ3v) is 7.93. The van der Waals surface area contributed by atoms with Gasteiger partial charge in [-0.25, -0.2) is 9.78 Å². The standard InChI is InChI=1S/C35H43N7O4/c1-34(2,3)45-33(44)38-21-22-9-11-23(12-10-22)29(40-46-35(4,5)6)24-13-16-26(17-14-24)41(7)31-27(20-37)32(43)42(8)28-18-15-25(19-36)39-30(28)31/h9-12,15,18,24,26H,13-14,16-17,21H2,1-8H3,(H,38,44)/b40-29-/t24-,26+. The van der Waals surface area contributed by atoms with Crippen LogP contribution in [0.15, 0.2) is 46.3 Å². The molecule has 242 valence electrons. The fourth-order valence-corrected chi connectivity index (χ4v) is 5.65. The number of aryl methyl sites for hydroxylation is 1. The third kappa shape index (κ3) is 8.02. The average Bonchev–Trinajstić information content (AvgIpc) is 3.00. The van der Waals surface area contributed by atoms with Gasteiger partial charge in [-0.2, -0.15) is 10.5 Å². The smallest absolute Gasteiger partial charge is 0.407 e. The summed E-state index contributed by atoms with van der Waals surface area (Å²) >= 11 is 0. The molecule has 0 unspecified atom stereocenters. The maximum atomic E-state index is 13.1. The molecule has 0 bridgehead atoms. The molecule has 0 saturated heterocycles. The Morgan fingerprint density at radius 2 is 1.67 bits per heavy atom. The number of fused-ring (bicyclic) bond motifs is 1. The number of carbonyl (C=O) groups is 1. The van der Waals surface area contributed by atoms with Gasteiger partial charge in [0, 0.05) is 32.6 Å². The molecule has 3 aromatic rings. The number of pyridine rings is 2. The average molecular weight is 626 g/mol. The highest BCUT2D eigenvalue weighted by Gasteiger charge is 2.31. The van der Waals surface area contributed by atoms with Gasteiger partial charge in [0.2, 0.25) is 0 Å². The van der Waals surface area contributed by atoms with Crippen molar-refractivity contribution in [1.82, 2.24) is 14.9 Å². The maximum absolute atomic E-state index is 13.1. The monoisotopic (exact) mass is 625 g/mol. The minimum Gasteiger partial charge on any atom is -0.444 e. The van der Waals surface area contributed by atoms with Crippen LogP contribution in [0.5, 0.6) is 0 Å². The Kier molecular flexibility index (Phi) is 10.1. The zero-order chi connectivity index (χ0) is 33.8. The Bertz CT molecular complexity index is 1760. The number of hydrogen-bond donors (Lipinski definition) is 1. The molecule has 11 heteroatoms. The number of oxime groups is 1. The molecular weight excluding hydrogens is 582 g/mol. The molecule has 4 rings (SSSR count). The minimum absolute atomic E-state index is 0.0179. The highest BCUT2D eigenvalue weighted by atomic mass is 16.6. The van der Waals surface area contributed by atoms with Crippen LogP contribution in [0.3, 0.4) is 0 Å². The number of alkyl carbamates (subject to hydrolysis) is 1. The lowest BCUT2D eigenvalue weighted by atomic mass is 9.80. The summed E-state index contributed by atoms with van der Waals surface area (Å²) in [5.41, 5.74) is 3.03. The van der Waals surface area contributed by atoms with E-state index in [4.69, 9.17) is 9.57 Å². The molecule has 46 heavy (non-hydrogen) atoms. The van der Waals surface area contributed by atoms with E-state index in [1.165, 1.54) is 4.57 Å². The Balaban J connectivity index is 1.56. The van der Waals surface area contributed by atoms with Gasteiger partial charge in [-0.3, -0.25) is 4.79 Å². The van der Waals surface area contributed by atoms with Crippen LogP contribution in [0, 0.1) is 28.6 Å². The number of hydrogen-bond acceptors (Lipinski definition) is 9. The van der Waals surface area contributed by atoms with Crippen molar-refractivity contribution < 1.29 is 14.4 Å². The highest BCUT2D eigenvalue weighted by Crippen LogP contribution is 2.35. The van der Waals surface area contributed by atoms with Gasteiger partial charge in [0.05, 0.1) is 16.9 Å². The minimum atomic E-state index is -0.567. The molecule has 1 aliphatic rings. The van der Waals surface area contributed by atoms with E-state index in [1.807, 2.05) is 77.8 Å². The lowest BCUT2D eigenvalue weighted by Crippen LogP contribution is -2.39. The van der Waals surface area contributed by atoms with Crippen molar-refractivity contribution in [3.05, 3.63) is 69.1 Å². The van der Waals surface area contributed by atoms with Crippen LogP contribution in [0.2, 0.25) is 0 Å². The molecule has 0 atom stereocenters. The number of amides is 1. The van der Waals surface area contributed by atoms with E-state index in [2.05, 4.69) is 27.6 Å². The first-order valence-electron chi connectivity index (χ1n) is 15.5. The molecule has 1 amide bonds. The molecule has 2 aromatic heterocycles. The van der Waals surface area contributed by atoms with Crippen molar-refractivity contribution in [2.45, 2.75) is 91.0 Å². The SMILES string of the molecule is Cn1c(=O)c(C#N)c(N(C)[C@H]2CC[C@@H](/C(=N\OC(C)(C)C)c3ccc(CNC(=O)OC(C)(C)C)cc3)CC2)c2nc(C#N)ccc21. The Morgan fingerprint density at radius 3 is 2.24 bits per heavy atom. The second-order valence-corrected chi connectivity index (χ2v) is 13.7. The second-order valence-electron chi connectivity index (χ2n) is 13.7. The van der Waals surface area contributed by atoms with Crippen molar-refractivity contribution in [2.24, 2.45) is 18.1 Å². The summed E-state index contributed by atoms with van der Waals surface area (Å²) in [6.45, 7) is 11.7. The molecule has 2 heterocycles. The van der Waals surface area contributed by atoms with Gasteiger partial charge < -0.3 is 24.4 Å². The van der Waals surface area contributed by atoms with E-state index < -0.39 is 22.9 Å². The molecule has 1 aliphatic carbocycles. The maximum Gasteiger partial charge on any atom is 0.407 e. The molecule has 0 spiro atoms. The predicted octanol–water partition coefficient (Wildman–Crippen LogP) is 5.92. The van der Waals surface area contributed by atoms with E-state index in [0.717, 1.165) is 42.5 Å². The summed E-state index contributed by atoms with van der Waals surface area (Å²) in [5, 5.41) is 26.9. The fourth-order valence-electron chi connectivity index (χ4n) is 5.65. The van der Waals surface area contributed by atoms with Crippen molar-refractivity contribution >= 4 is 28.5 Å². The summed E-state index contributed by atoms with van der Waals surface area (Å²) in [7, 11) is 3.50. The van der Waals surface area contributed by atoms with Crippen LogP contribution in [0.25, 0.3) is 11.0 Å². The van der Waals surface area contributed by atoms with E-state index in [9.17, 15) is 20.1 Å². The first-order chi connectivity index (χ1) is 21.6. The van der Waals surface area contributed by atoms with Gasteiger partial charge >= 0.3 is 6.09 Å². The Morgan fingerprint density at radius 1 is 1.02 bits per heavy atom. The summed E-state index contributed by atoms with van der Waals surface area (Å²) < 4.78 is 6.75. The number of benzene rings is 1.